The molecule has 0 aliphatic carbocycles. The summed E-state index contributed by atoms with van der Waals surface area (Å²) in [6, 6.07) is 0. The normalized spacial score (nSPS) is 18.5. The molecule has 10 heavy (non-hydrogen) atoms. The highest BCUT2D eigenvalue weighted by Gasteiger charge is 2.26. The lowest BCUT2D eigenvalue weighted by atomic mass is 10.2. The molecule has 0 spiro atoms. The van der Waals surface area contributed by atoms with E-state index in [-0.39, 0.29) is 0 Å². The van der Waals surface area contributed by atoms with Crippen LogP contribution in [0.3, 0.4) is 0 Å². The standard InChI is InChI=1S/C5H13O4P/c1-5(2,3)9-10(6,7)8-4/h1-4H3,(H,6,7). The molecule has 1 N–H and O–H groups in total. The Labute approximate surface area is 60.8 Å². The van der Waals surface area contributed by atoms with Crippen molar-refractivity contribution in [1.82, 2.24) is 0 Å². The zero-order chi connectivity index (χ0) is 8.41. The Morgan fingerprint density at radius 3 is 1.90 bits per heavy atom. The van der Waals surface area contributed by atoms with Crippen LogP contribution in [0, 0.1) is 0 Å². The van der Waals surface area contributed by atoms with E-state index in [1.165, 1.54) is 0 Å². The predicted octanol–water partition coefficient (Wildman–Crippen LogP) is 1.55. The summed E-state index contributed by atoms with van der Waals surface area (Å²) in [5.74, 6) is 0. The molecule has 0 aromatic heterocycles. The highest BCUT2D eigenvalue weighted by atomic mass is 31.2. The highest BCUT2D eigenvalue weighted by Crippen LogP contribution is 2.45. The van der Waals surface area contributed by atoms with Crippen molar-refractivity contribution in [2.45, 2.75) is 26.4 Å². The molecule has 0 bridgehead atoms. The van der Waals surface area contributed by atoms with E-state index >= 15 is 0 Å². The van der Waals surface area contributed by atoms with Gasteiger partial charge in [0.2, 0.25) is 0 Å². The average Bonchev–Trinajstić information content (AvgIpc) is 1.60. The molecule has 0 aliphatic heterocycles. The molecule has 0 aromatic rings. The lowest BCUT2D eigenvalue weighted by molar-refractivity contribution is 0.0714. The van der Waals surface area contributed by atoms with Gasteiger partial charge in [-0.1, -0.05) is 0 Å². The van der Waals surface area contributed by atoms with E-state index in [1.807, 2.05) is 0 Å². The van der Waals surface area contributed by atoms with Crippen LogP contribution in [0.15, 0.2) is 0 Å². The van der Waals surface area contributed by atoms with Gasteiger partial charge in [0.05, 0.1) is 5.60 Å². The van der Waals surface area contributed by atoms with Crippen LogP contribution in [0.4, 0.5) is 0 Å². The molecule has 4 nitrogen and oxygen atoms in total. The second kappa shape index (κ2) is 3.01. The Hall–Kier alpha value is 0.110. The number of phosphoric ester groups is 1. The predicted molar refractivity (Wildman–Crippen MR) is 37.7 cm³/mol. The third-order valence-electron chi connectivity index (χ3n) is 0.620. The first-order valence-corrected chi connectivity index (χ1v) is 4.36. The summed E-state index contributed by atoms with van der Waals surface area (Å²) in [5.41, 5.74) is -0.652. The maximum atomic E-state index is 10.7. The van der Waals surface area contributed by atoms with E-state index in [0.29, 0.717) is 0 Å². The molecule has 0 fully saturated rings. The van der Waals surface area contributed by atoms with Crippen molar-refractivity contribution >= 4 is 7.82 Å². The van der Waals surface area contributed by atoms with Gasteiger partial charge in [0, 0.05) is 7.11 Å². The van der Waals surface area contributed by atoms with Crippen LogP contribution in [0.1, 0.15) is 20.8 Å². The van der Waals surface area contributed by atoms with Crippen LogP contribution in [0.25, 0.3) is 0 Å². The molecule has 0 saturated heterocycles. The van der Waals surface area contributed by atoms with Crippen LogP contribution >= 0.6 is 7.82 Å². The topological polar surface area (TPSA) is 55.8 Å². The molecule has 62 valence electrons. The molecule has 5 heteroatoms. The summed E-state index contributed by atoms with van der Waals surface area (Å²) in [7, 11) is -2.66. The lowest BCUT2D eigenvalue weighted by Gasteiger charge is -2.21. The summed E-state index contributed by atoms with van der Waals surface area (Å²) in [4.78, 5) is 8.77. The molecule has 0 aliphatic rings. The SMILES string of the molecule is COP(=O)(O)OC(C)(C)C. The first kappa shape index (κ1) is 10.1. The molecule has 0 rings (SSSR count). The summed E-state index contributed by atoms with van der Waals surface area (Å²) in [6.07, 6.45) is 0. The third-order valence-corrected chi connectivity index (χ3v) is 1.86. The molecular formula is C5H13O4P. The van der Waals surface area contributed by atoms with Crippen molar-refractivity contribution in [3.63, 3.8) is 0 Å². The minimum atomic E-state index is -3.79. The molecule has 0 amide bonds. The number of rotatable bonds is 2. The minimum Gasteiger partial charge on any atom is -0.302 e. The molecule has 1 atom stereocenters. The van der Waals surface area contributed by atoms with Gasteiger partial charge in [-0.15, -0.1) is 0 Å². The average molecular weight is 168 g/mol. The van der Waals surface area contributed by atoms with Gasteiger partial charge in [-0.3, -0.25) is 9.05 Å². The molecule has 0 saturated carbocycles. The van der Waals surface area contributed by atoms with E-state index in [4.69, 9.17) is 4.89 Å². The fourth-order valence-electron chi connectivity index (χ4n) is 0.383. The van der Waals surface area contributed by atoms with Gasteiger partial charge in [-0.05, 0) is 20.8 Å². The van der Waals surface area contributed by atoms with E-state index < -0.39 is 13.4 Å². The Morgan fingerprint density at radius 1 is 1.40 bits per heavy atom. The van der Waals surface area contributed by atoms with Gasteiger partial charge in [-0.25, -0.2) is 4.57 Å². The molecule has 1 unspecified atom stereocenters. The van der Waals surface area contributed by atoms with E-state index in [2.05, 4.69) is 9.05 Å². The van der Waals surface area contributed by atoms with Gasteiger partial charge in [0.15, 0.2) is 0 Å². The Morgan fingerprint density at radius 2 is 1.80 bits per heavy atom. The Kier molecular flexibility index (Phi) is 3.04. The number of hydrogen-bond donors (Lipinski definition) is 1. The monoisotopic (exact) mass is 168 g/mol. The first-order valence-electron chi connectivity index (χ1n) is 2.86. The zero-order valence-corrected chi connectivity index (χ0v) is 7.51. The maximum Gasteiger partial charge on any atom is 0.472 e. The number of hydrogen-bond acceptors (Lipinski definition) is 3. The number of phosphoric acid groups is 1. The van der Waals surface area contributed by atoms with Crippen LogP contribution in [-0.2, 0) is 13.6 Å². The quantitative estimate of drug-likeness (QED) is 0.635. The van der Waals surface area contributed by atoms with Crippen molar-refractivity contribution in [3.8, 4) is 0 Å². The van der Waals surface area contributed by atoms with Crippen LogP contribution in [0.5, 0.6) is 0 Å². The molecule has 0 heterocycles. The third kappa shape index (κ3) is 4.94. The molecule has 0 aromatic carbocycles. The van der Waals surface area contributed by atoms with Crippen molar-refractivity contribution < 1.29 is 18.5 Å². The summed E-state index contributed by atoms with van der Waals surface area (Å²) < 4.78 is 19.6. The first-order chi connectivity index (χ1) is 4.27. The van der Waals surface area contributed by atoms with E-state index in [9.17, 15) is 4.57 Å². The summed E-state index contributed by atoms with van der Waals surface area (Å²) in [6.45, 7) is 5.03. The second-order valence-electron chi connectivity index (χ2n) is 2.85. The molecule has 0 radical (unpaired) electrons. The summed E-state index contributed by atoms with van der Waals surface area (Å²) >= 11 is 0. The van der Waals surface area contributed by atoms with Gasteiger partial charge in [-0.2, -0.15) is 0 Å². The van der Waals surface area contributed by atoms with Gasteiger partial charge < -0.3 is 4.89 Å². The van der Waals surface area contributed by atoms with Crippen molar-refractivity contribution in [1.29, 1.82) is 0 Å². The molecular weight excluding hydrogens is 155 g/mol. The summed E-state index contributed by atoms with van der Waals surface area (Å²) in [5, 5.41) is 0. The van der Waals surface area contributed by atoms with Crippen LogP contribution in [-0.4, -0.2) is 17.6 Å². The van der Waals surface area contributed by atoms with Crippen LogP contribution in [0.2, 0.25) is 0 Å². The fraction of sp³-hybridized carbons (Fsp3) is 1.00. The Bertz CT molecular complexity index is 148. The van der Waals surface area contributed by atoms with E-state index in [0.717, 1.165) is 7.11 Å². The Balaban J connectivity index is 4.03. The van der Waals surface area contributed by atoms with Crippen molar-refractivity contribution in [3.05, 3.63) is 0 Å². The zero-order valence-electron chi connectivity index (χ0n) is 6.62. The smallest absolute Gasteiger partial charge is 0.302 e. The van der Waals surface area contributed by atoms with E-state index in [1.54, 1.807) is 20.8 Å². The second-order valence-corrected chi connectivity index (χ2v) is 4.34. The largest absolute Gasteiger partial charge is 0.472 e. The van der Waals surface area contributed by atoms with Gasteiger partial charge >= 0.3 is 7.82 Å². The lowest BCUT2D eigenvalue weighted by Crippen LogP contribution is -2.17. The van der Waals surface area contributed by atoms with Crippen molar-refractivity contribution in [2.24, 2.45) is 0 Å². The van der Waals surface area contributed by atoms with Gasteiger partial charge in [0.25, 0.3) is 0 Å². The van der Waals surface area contributed by atoms with Crippen molar-refractivity contribution in [2.75, 3.05) is 7.11 Å². The highest BCUT2D eigenvalue weighted by molar-refractivity contribution is 7.47. The van der Waals surface area contributed by atoms with Gasteiger partial charge in [0.1, 0.15) is 0 Å². The fourth-order valence-corrected chi connectivity index (χ4v) is 1.15. The van der Waals surface area contributed by atoms with Crippen LogP contribution < -0.4 is 0 Å². The maximum absolute atomic E-state index is 10.7. The minimum absolute atomic E-state index is 0.652.